The Labute approximate surface area is 181 Å². The number of hydrogen-bond donors (Lipinski definition) is 2. The predicted octanol–water partition coefficient (Wildman–Crippen LogP) is 4.56. The van der Waals surface area contributed by atoms with Crippen LogP contribution >= 0.6 is 0 Å². The highest BCUT2D eigenvalue weighted by molar-refractivity contribution is 6.02. The molecule has 3 aromatic rings. The number of nitrogens with zero attached hydrogens (tertiary/aromatic N) is 3. The molecule has 31 heavy (non-hydrogen) atoms. The number of nitrogens with one attached hydrogen (secondary N) is 2. The van der Waals surface area contributed by atoms with Crippen LogP contribution < -0.4 is 15.4 Å². The van der Waals surface area contributed by atoms with Gasteiger partial charge in [-0.3, -0.25) is 4.99 Å². The summed E-state index contributed by atoms with van der Waals surface area (Å²) in [6, 6.07) is 12.4. The third-order valence-corrected chi connectivity index (χ3v) is 5.11. The summed E-state index contributed by atoms with van der Waals surface area (Å²) in [5, 5.41) is 6.59. The second-order valence-corrected chi connectivity index (χ2v) is 7.39. The molecule has 4 rings (SSSR count). The zero-order chi connectivity index (χ0) is 21.6. The van der Waals surface area contributed by atoms with E-state index in [-0.39, 0.29) is 5.82 Å². The lowest BCUT2D eigenvalue weighted by atomic mass is 10.0. The molecule has 0 bridgehead atoms. The van der Waals surface area contributed by atoms with Crippen LogP contribution in [0.5, 0.6) is 5.75 Å². The Morgan fingerprint density at radius 2 is 2.00 bits per heavy atom. The van der Waals surface area contributed by atoms with E-state index < -0.39 is 0 Å². The van der Waals surface area contributed by atoms with E-state index in [0.29, 0.717) is 6.67 Å². The Morgan fingerprint density at radius 3 is 2.74 bits per heavy atom. The third-order valence-electron chi connectivity index (χ3n) is 5.11. The quantitative estimate of drug-likeness (QED) is 0.575. The van der Waals surface area contributed by atoms with Crippen LogP contribution in [0.2, 0.25) is 0 Å². The summed E-state index contributed by atoms with van der Waals surface area (Å²) in [4.78, 5) is 8.95. The molecule has 0 fully saturated rings. The van der Waals surface area contributed by atoms with Gasteiger partial charge < -0.3 is 19.9 Å². The fourth-order valence-electron chi connectivity index (χ4n) is 3.54. The number of methoxy groups -OCH3 is 1. The van der Waals surface area contributed by atoms with Crippen LogP contribution in [0.4, 0.5) is 10.1 Å². The van der Waals surface area contributed by atoms with Crippen LogP contribution in [-0.4, -0.2) is 35.7 Å². The first kappa shape index (κ1) is 20.7. The van der Waals surface area contributed by atoms with Crippen LogP contribution in [0.3, 0.4) is 0 Å². The smallest absolute Gasteiger partial charge is 0.143 e. The lowest BCUT2D eigenvalue weighted by Gasteiger charge is -2.19. The van der Waals surface area contributed by atoms with Crippen molar-refractivity contribution in [2.75, 3.05) is 25.6 Å². The number of aliphatic imine (C=N–C) groups is 1. The SMILES string of the molecule is COc1cc(/C=C2\CCCN=C2NCNc2ccc(F)cc2)ccc1-n1cnc(C)c1. The second-order valence-electron chi connectivity index (χ2n) is 7.39. The largest absolute Gasteiger partial charge is 0.495 e. The van der Waals surface area contributed by atoms with Gasteiger partial charge in [0.05, 0.1) is 31.5 Å². The molecule has 1 aromatic heterocycles. The fourth-order valence-corrected chi connectivity index (χ4v) is 3.54. The van der Waals surface area contributed by atoms with E-state index in [1.54, 1.807) is 25.6 Å². The van der Waals surface area contributed by atoms with Crippen molar-refractivity contribution in [3.8, 4) is 11.4 Å². The molecule has 0 saturated carbocycles. The van der Waals surface area contributed by atoms with Crippen LogP contribution in [0.1, 0.15) is 24.1 Å². The molecule has 0 aliphatic carbocycles. The average molecular weight is 420 g/mol. The molecule has 1 aliphatic rings. The summed E-state index contributed by atoms with van der Waals surface area (Å²) in [5.74, 6) is 1.42. The molecular formula is C24H26FN5O. The molecule has 7 heteroatoms. The highest BCUT2D eigenvalue weighted by Crippen LogP contribution is 2.26. The number of hydrogen-bond acceptors (Lipinski definition) is 5. The summed E-state index contributed by atoms with van der Waals surface area (Å²) in [5.41, 5.74) is 4.96. The van der Waals surface area contributed by atoms with Gasteiger partial charge in [-0.05, 0) is 73.4 Å². The maximum absolute atomic E-state index is 13.1. The molecule has 0 unspecified atom stereocenters. The molecule has 2 aromatic carbocycles. The Kier molecular flexibility index (Phi) is 6.31. The monoisotopic (exact) mass is 419 g/mol. The van der Waals surface area contributed by atoms with Crippen molar-refractivity contribution < 1.29 is 9.13 Å². The first-order valence-corrected chi connectivity index (χ1v) is 10.3. The summed E-state index contributed by atoms with van der Waals surface area (Å²) < 4.78 is 20.6. The van der Waals surface area contributed by atoms with E-state index in [4.69, 9.17) is 4.74 Å². The zero-order valence-corrected chi connectivity index (χ0v) is 17.7. The number of amidine groups is 1. The van der Waals surface area contributed by atoms with Crippen LogP contribution in [0.15, 0.2) is 65.6 Å². The van der Waals surface area contributed by atoms with Gasteiger partial charge in [0.25, 0.3) is 0 Å². The van der Waals surface area contributed by atoms with E-state index in [1.807, 2.05) is 29.8 Å². The average Bonchev–Trinajstić information content (AvgIpc) is 3.22. The van der Waals surface area contributed by atoms with E-state index in [0.717, 1.165) is 59.2 Å². The van der Waals surface area contributed by atoms with Crippen molar-refractivity contribution in [1.29, 1.82) is 0 Å². The van der Waals surface area contributed by atoms with Gasteiger partial charge in [0, 0.05) is 18.4 Å². The lowest BCUT2D eigenvalue weighted by Crippen LogP contribution is -2.32. The minimum absolute atomic E-state index is 0.245. The topological polar surface area (TPSA) is 63.5 Å². The fraction of sp³-hybridized carbons (Fsp3) is 0.250. The van der Waals surface area contributed by atoms with Crippen molar-refractivity contribution in [3.63, 3.8) is 0 Å². The molecule has 0 radical (unpaired) electrons. The summed E-state index contributed by atoms with van der Waals surface area (Å²) >= 11 is 0. The maximum Gasteiger partial charge on any atom is 0.143 e. The van der Waals surface area contributed by atoms with E-state index >= 15 is 0 Å². The Morgan fingerprint density at radius 1 is 1.16 bits per heavy atom. The minimum atomic E-state index is -0.245. The second kappa shape index (κ2) is 9.47. The van der Waals surface area contributed by atoms with Gasteiger partial charge in [0.2, 0.25) is 0 Å². The van der Waals surface area contributed by atoms with Crippen molar-refractivity contribution in [3.05, 3.63) is 77.6 Å². The summed E-state index contributed by atoms with van der Waals surface area (Å²) in [6.45, 7) is 3.27. The van der Waals surface area contributed by atoms with Gasteiger partial charge in [0.15, 0.2) is 0 Å². The maximum atomic E-state index is 13.1. The molecular weight excluding hydrogens is 393 g/mol. The Balaban J connectivity index is 1.48. The van der Waals surface area contributed by atoms with Gasteiger partial charge in [0.1, 0.15) is 17.4 Å². The van der Waals surface area contributed by atoms with Crippen molar-refractivity contribution >= 4 is 17.6 Å². The van der Waals surface area contributed by atoms with Gasteiger partial charge in [-0.15, -0.1) is 0 Å². The number of benzene rings is 2. The van der Waals surface area contributed by atoms with Crippen molar-refractivity contribution in [2.24, 2.45) is 4.99 Å². The molecule has 0 spiro atoms. The molecule has 2 N–H and O–H groups in total. The highest BCUT2D eigenvalue weighted by Gasteiger charge is 2.13. The number of halogens is 1. The number of aromatic nitrogens is 2. The molecule has 1 aliphatic heterocycles. The third kappa shape index (κ3) is 5.12. The minimum Gasteiger partial charge on any atom is -0.495 e. The Hall–Kier alpha value is -3.61. The molecule has 0 saturated heterocycles. The number of ether oxygens (including phenoxy) is 1. The lowest BCUT2D eigenvalue weighted by molar-refractivity contribution is 0.413. The van der Waals surface area contributed by atoms with Crippen LogP contribution in [-0.2, 0) is 0 Å². The van der Waals surface area contributed by atoms with Crippen molar-refractivity contribution in [2.45, 2.75) is 19.8 Å². The summed E-state index contributed by atoms with van der Waals surface area (Å²) in [7, 11) is 1.68. The number of aryl methyl sites for hydroxylation is 1. The standard InChI is InChI=1S/C24H26FN5O/c1-17-14-30(16-29-17)22-10-5-18(13-23(22)31-2)12-19-4-3-11-26-24(19)28-15-27-21-8-6-20(25)7-9-21/h5-10,12-14,16,27H,3-4,11,15H2,1-2H3,(H,26,28)/b19-12+. The molecule has 160 valence electrons. The number of rotatable bonds is 6. The molecule has 0 amide bonds. The van der Waals surface area contributed by atoms with Crippen LogP contribution in [0.25, 0.3) is 11.8 Å². The number of imidazole rings is 1. The van der Waals surface area contributed by atoms with Gasteiger partial charge in [-0.2, -0.15) is 0 Å². The number of anilines is 1. The van der Waals surface area contributed by atoms with Crippen molar-refractivity contribution in [1.82, 2.24) is 14.9 Å². The normalized spacial score (nSPS) is 14.9. The van der Waals surface area contributed by atoms with Gasteiger partial charge in [-0.25, -0.2) is 9.37 Å². The zero-order valence-electron chi connectivity index (χ0n) is 17.7. The van der Waals surface area contributed by atoms with Gasteiger partial charge >= 0.3 is 0 Å². The molecule has 0 atom stereocenters. The Bertz CT molecular complexity index is 1100. The highest BCUT2D eigenvalue weighted by atomic mass is 19.1. The first-order chi connectivity index (χ1) is 15.1. The van der Waals surface area contributed by atoms with Crippen LogP contribution in [0, 0.1) is 12.7 Å². The molecule has 2 heterocycles. The predicted molar refractivity (Wildman–Crippen MR) is 122 cm³/mol. The molecule has 6 nitrogen and oxygen atoms in total. The first-order valence-electron chi connectivity index (χ1n) is 10.3. The summed E-state index contributed by atoms with van der Waals surface area (Å²) in [6.07, 6.45) is 7.88. The van der Waals surface area contributed by atoms with E-state index in [1.165, 1.54) is 12.1 Å². The van der Waals surface area contributed by atoms with Gasteiger partial charge in [-0.1, -0.05) is 6.07 Å². The van der Waals surface area contributed by atoms with E-state index in [9.17, 15) is 4.39 Å². The van der Waals surface area contributed by atoms with E-state index in [2.05, 4.69) is 32.8 Å².